The van der Waals surface area contributed by atoms with E-state index in [-0.39, 0.29) is 11.9 Å². The van der Waals surface area contributed by atoms with Gasteiger partial charge in [-0.3, -0.25) is 0 Å². The molecule has 1 aromatic heterocycles. The van der Waals surface area contributed by atoms with Crippen LogP contribution >= 0.6 is 27.3 Å². The summed E-state index contributed by atoms with van der Waals surface area (Å²) in [5.74, 6) is -0.228. The molecule has 0 bridgehead atoms. The lowest BCUT2D eigenvalue weighted by Gasteiger charge is -2.15. The van der Waals surface area contributed by atoms with Crippen molar-refractivity contribution >= 4 is 27.3 Å². The lowest BCUT2D eigenvalue weighted by Crippen LogP contribution is -2.19. The zero-order chi connectivity index (χ0) is 12.3. The highest BCUT2D eigenvalue weighted by molar-refractivity contribution is 9.10. The molecule has 1 unspecified atom stereocenters. The summed E-state index contributed by atoms with van der Waals surface area (Å²) >= 11 is 4.92. The smallest absolute Gasteiger partial charge is 0.124 e. The lowest BCUT2D eigenvalue weighted by molar-refractivity contribution is 0.575. The number of hydrogen-bond acceptors (Lipinski definition) is 3. The summed E-state index contributed by atoms with van der Waals surface area (Å²) in [4.78, 5) is 4.25. The van der Waals surface area contributed by atoms with Crippen LogP contribution in [0.2, 0.25) is 0 Å². The van der Waals surface area contributed by atoms with Gasteiger partial charge in [-0.1, -0.05) is 15.9 Å². The van der Waals surface area contributed by atoms with Gasteiger partial charge in [-0.15, -0.1) is 11.3 Å². The number of nitrogens with zero attached hydrogens (tertiary/aromatic N) is 1. The maximum Gasteiger partial charge on any atom is 0.124 e. The van der Waals surface area contributed by atoms with Crippen molar-refractivity contribution in [2.75, 3.05) is 7.05 Å². The molecule has 5 heteroatoms. The fraction of sp³-hybridized carbons (Fsp3) is 0.250. The minimum Gasteiger partial charge on any atom is -0.313 e. The van der Waals surface area contributed by atoms with Crippen molar-refractivity contribution in [3.05, 3.63) is 50.6 Å². The van der Waals surface area contributed by atoms with Crippen molar-refractivity contribution in [2.24, 2.45) is 0 Å². The van der Waals surface area contributed by atoms with E-state index in [1.54, 1.807) is 23.6 Å². The Bertz CT molecular complexity index is 467. The number of halogens is 2. The first-order valence-electron chi connectivity index (χ1n) is 5.20. The van der Waals surface area contributed by atoms with Crippen LogP contribution in [0, 0.1) is 5.82 Å². The largest absolute Gasteiger partial charge is 0.313 e. The van der Waals surface area contributed by atoms with Gasteiger partial charge in [0.15, 0.2) is 0 Å². The molecule has 0 fully saturated rings. The first kappa shape index (κ1) is 12.7. The Balaban J connectivity index is 2.22. The third-order valence-corrected chi connectivity index (χ3v) is 3.76. The summed E-state index contributed by atoms with van der Waals surface area (Å²) in [5.41, 5.74) is 0.926. The Labute approximate surface area is 112 Å². The molecule has 1 atom stereocenters. The van der Waals surface area contributed by atoms with E-state index in [9.17, 15) is 4.39 Å². The van der Waals surface area contributed by atoms with Crippen molar-refractivity contribution in [2.45, 2.75) is 12.5 Å². The van der Waals surface area contributed by atoms with E-state index in [1.165, 1.54) is 6.07 Å². The molecule has 0 aliphatic rings. The Hall–Kier alpha value is -0.780. The molecule has 0 aliphatic carbocycles. The lowest BCUT2D eigenvalue weighted by atomic mass is 10.0. The Morgan fingerprint density at radius 2 is 2.29 bits per heavy atom. The van der Waals surface area contributed by atoms with Crippen LogP contribution in [0.5, 0.6) is 0 Å². The summed E-state index contributed by atoms with van der Waals surface area (Å²) in [6.07, 6.45) is 2.55. The zero-order valence-corrected chi connectivity index (χ0v) is 11.7. The van der Waals surface area contributed by atoms with Crippen LogP contribution in [-0.2, 0) is 6.42 Å². The van der Waals surface area contributed by atoms with Crippen LogP contribution in [-0.4, -0.2) is 12.0 Å². The molecule has 2 rings (SSSR count). The Kier molecular flexibility index (Phi) is 4.25. The van der Waals surface area contributed by atoms with Gasteiger partial charge in [0.05, 0.1) is 5.01 Å². The van der Waals surface area contributed by atoms with Crippen LogP contribution in [0.25, 0.3) is 0 Å². The summed E-state index contributed by atoms with van der Waals surface area (Å²) in [5, 5.41) is 6.18. The van der Waals surface area contributed by atoms with Crippen molar-refractivity contribution in [3.8, 4) is 0 Å². The zero-order valence-electron chi connectivity index (χ0n) is 9.28. The molecule has 17 heavy (non-hydrogen) atoms. The maximum atomic E-state index is 13.3. The average Bonchev–Trinajstić information content (AvgIpc) is 2.77. The Morgan fingerprint density at radius 1 is 1.47 bits per heavy atom. The number of aromatic nitrogens is 1. The van der Waals surface area contributed by atoms with Gasteiger partial charge in [-0.25, -0.2) is 9.37 Å². The highest BCUT2D eigenvalue weighted by Crippen LogP contribution is 2.23. The number of hydrogen-bond donors (Lipinski definition) is 1. The third-order valence-electron chi connectivity index (χ3n) is 2.50. The third kappa shape index (κ3) is 3.34. The molecule has 2 aromatic rings. The van der Waals surface area contributed by atoms with Gasteiger partial charge in [0.1, 0.15) is 5.82 Å². The second-order valence-electron chi connectivity index (χ2n) is 3.67. The Morgan fingerprint density at radius 3 is 2.88 bits per heavy atom. The van der Waals surface area contributed by atoms with Gasteiger partial charge in [-0.2, -0.15) is 0 Å². The average molecular weight is 315 g/mol. The van der Waals surface area contributed by atoms with Gasteiger partial charge in [0.25, 0.3) is 0 Å². The summed E-state index contributed by atoms with van der Waals surface area (Å²) in [6.45, 7) is 0. The standard InChI is InChI=1S/C12H12BrFN2S/c1-15-11(7-12-16-2-3-17-12)8-4-9(13)6-10(14)5-8/h2-6,11,15H,7H2,1H3. The second-order valence-corrected chi connectivity index (χ2v) is 5.57. The van der Waals surface area contributed by atoms with Crippen LogP contribution in [0.3, 0.4) is 0 Å². The summed E-state index contributed by atoms with van der Waals surface area (Å²) in [6, 6.07) is 5.02. The number of nitrogens with one attached hydrogen (secondary N) is 1. The topological polar surface area (TPSA) is 24.9 Å². The van der Waals surface area contributed by atoms with Crippen LogP contribution in [0.1, 0.15) is 16.6 Å². The van der Waals surface area contributed by atoms with Gasteiger partial charge < -0.3 is 5.32 Å². The molecule has 0 saturated carbocycles. The predicted molar refractivity (Wildman–Crippen MR) is 71.7 cm³/mol. The monoisotopic (exact) mass is 314 g/mol. The number of rotatable bonds is 4. The van der Waals surface area contributed by atoms with Gasteiger partial charge in [0.2, 0.25) is 0 Å². The summed E-state index contributed by atoms with van der Waals surface area (Å²) < 4.78 is 14.1. The number of likely N-dealkylation sites (N-methyl/N-ethyl adjacent to an activating group) is 1. The van der Waals surface area contributed by atoms with Gasteiger partial charge in [-0.05, 0) is 30.8 Å². The highest BCUT2D eigenvalue weighted by atomic mass is 79.9. The van der Waals surface area contributed by atoms with Crippen LogP contribution in [0.4, 0.5) is 4.39 Å². The van der Waals surface area contributed by atoms with Crippen molar-refractivity contribution < 1.29 is 4.39 Å². The fourth-order valence-corrected chi connectivity index (χ4v) is 2.84. The van der Waals surface area contributed by atoms with E-state index in [2.05, 4.69) is 26.2 Å². The molecule has 0 amide bonds. The van der Waals surface area contributed by atoms with Crippen LogP contribution < -0.4 is 5.32 Å². The van der Waals surface area contributed by atoms with E-state index in [0.717, 1.165) is 21.5 Å². The van der Waals surface area contributed by atoms with Crippen LogP contribution in [0.15, 0.2) is 34.2 Å². The molecule has 2 nitrogen and oxygen atoms in total. The first-order chi connectivity index (χ1) is 8.19. The first-order valence-corrected chi connectivity index (χ1v) is 6.88. The second kappa shape index (κ2) is 5.71. The molecule has 0 radical (unpaired) electrons. The highest BCUT2D eigenvalue weighted by Gasteiger charge is 2.13. The van der Waals surface area contributed by atoms with E-state index in [0.29, 0.717) is 0 Å². The SMILES string of the molecule is CNC(Cc1nccs1)c1cc(F)cc(Br)c1. The molecule has 1 aromatic carbocycles. The molecule has 90 valence electrons. The van der Waals surface area contributed by atoms with E-state index >= 15 is 0 Å². The molecule has 0 saturated heterocycles. The number of benzene rings is 1. The minimum atomic E-state index is -0.228. The fourth-order valence-electron chi connectivity index (χ4n) is 1.69. The van der Waals surface area contributed by atoms with Crippen molar-refractivity contribution in [1.29, 1.82) is 0 Å². The van der Waals surface area contributed by atoms with E-state index in [4.69, 9.17) is 0 Å². The molecule has 0 aliphatic heterocycles. The van der Waals surface area contributed by atoms with Gasteiger partial charge in [0, 0.05) is 28.5 Å². The molecule has 1 heterocycles. The molecule has 0 spiro atoms. The van der Waals surface area contributed by atoms with E-state index < -0.39 is 0 Å². The maximum absolute atomic E-state index is 13.3. The summed E-state index contributed by atoms with van der Waals surface area (Å²) in [7, 11) is 1.87. The molecular formula is C12H12BrFN2S. The van der Waals surface area contributed by atoms with Crippen molar-refractivity contribution in [1.82, 2.24) is 10.3 Å². The quantitative estimate of drug-likeness (QED) is 0.933. The molecule has 1 N–H and O–H groups in total. The number of thiazole rings is 1. The predicted octanol–water partition coefficient (Wildman–Crippen LogP) is 3.55. The van der Waals surface area contributed by atoms with Gasteiger partial charge >= 0.3 is 0 Å². The van der Waals surface area contributed by atoms with E-state index in [1.807, 2.05) is 18.5 Å². The van der Waals surface area contributed by atoms with Crippen molar-refractivity contribution in [3.63, 3.8) is 0 Å². The molecular weight excluding hydrogens is 303 g/mol. The minimum absolute atomic E-state index is 0.0770. The normalized spacial score (nSPS) is 12.6.